The van der Waals surface area contributed by atoms with Crippen LogP contribution in [0.3, 0.4) is 0 Å². The van der Waals surface area contributed by atoms with Crippen LogP contribution in [0.5, 0.6) is 0 Å². The first-order valence-corrected chi connectivity index (χ1v) is 10.0. The lowest BCUT2D eigenvalue weighted by Crippen LogP contribution is -2.29. The molecule has 11 nitrogen and oxygen atoms in total. The third-order valence-corrected chi connectivity index (χ3v) is 5.23. The maximum absolute atomic E-state index is 12.6. The van der Waals surface area contributed by atoms with Gasteiger partial charge in [0.15, 0.2) is 11.2 Å². The number of anilines is 1. The van der Waals surface area contributed by atoms with Gasteiger partial charge in [0.05, 0.1) is 10.6 Å². The van der Waals surface area contributed by atoms with E-state index in [9.17, 15) is 19.7 Å². The van der Waals surface area contributed by atoms with Crippen LogP contribution in [0.4, 0.5) is 11.6 Å². The number of hydrazine groups is 1. The van der Waals surface area contributed by atoms with Crippen LogP contribution in [0.2, 0.25) is 0 Å². The number of non-ortho nitro benzene ring substituents is 1. The van der Waals surface area contributed by atoms with Crippen LogP contribution in [0.15, 0.2) is 70.8 Å². The summed E-state index contributed by atoms with van der Waals surface area (Å²) in [6, 6.07) is 15.7. The third kappa shape index (κ3) is 4.37. The second-order valence-corrected chi connectivity index (χ2v) is 7.35. The van der Waals surface area contributed by atoms with Crippen molar-refractivity contribution in [2.24, 2.45) is 7.05 Å². The monoisotopic (exact) mass is 447 g/mol. The molecule has 33 heavy (non-hydrogen) atoms. The van der Waals surface area contributed by atoms with Crippen LogP contribution >= 0.6 is 0 Å². The van der Waals surface area contributed by atoms with E-state index < -0.39 is 16.2 Å². The quantitative estimate of drug-likeness (QED) is 0.278. The number of benzene rings is 2. The van der Waals surface area contributed by atoms with Gasteiger partial charge in [0.25, 0.3) is 11.2 Å². The molecule has 3 N–H and O–H groups in total. The van der Waals surface area contributed by atoms with Crippen molar-refractivity contribution in [3.63, 3.8) is 0 Å². The average molecular weight is 447 g/mol. The van der Waals surface area contributed by atoms with Crippen molar-refractivity contribution in [1.82, 2.24) is 24.5 Å². The second-order valence-electron chi connectivity index (χ2n) is 7.35. The van der Waals surface area contributed by atoms with E-state index in [0.29, 0.717) is 30.2 Å². The summed E-state index contributed by atoms with van der Waals surface area (Å²) in [5, 5.41) is 10.9. The zero-order chi connectivity index (χ0) is 23.5. The highest BCUT2D eigenvalue weighted by Crippen LogP contribution is 2.19. The summed E-state index contributed by atoms with van der Waals surface area (Å²) in [4.78, 5) is 41.8. The molecule has 2 heterocycles. The second kappa shape index (κ2) is 8.83. The Hall–Kier alpha value is -4.67. The molecule has 0 aliphatic rings. The Morgan fingerprint density at radius 3 is 2.52 bits per heavy atom. The summed E-state index contributed by atoms with van der Waals surface area (Å²) >= 11 is 0. The van der Waals surface area contributed by atoms with Crippen LogP contribution in [0.25, 0.3) is 16.9 Å². The number of nitro benzene ring substituents is 1. The van der Waals surface area contributed by atoms with Crippen molar-refractivity contribution in [3.8, 4) is 0 Å². The molecule has 0 spiro atoms. The Labute approximate surface area is 187 Å². The van der Waals surface area contributed by atoms with Gasteiger partial charge in [-0.15, -0.1) is 0 Å². The molecular weight excluding hydrogens is 426 g/mol. The lowest BCUT2D eigenvalue weighted by atomic mass is 10.1. The van der Waals surface area contributed by atoms with E-state index in [0.717, 1.165) is 5.56 Å². The van der Waals surface area contributed by atoms with Crippen LogP contribution in [-0.4, -0.2) is 24.0 Å². The Kier molecular flexibility index (Phi) is 5.77. The highest BCUT2D eigenvalue weighted by molar-refractivity contribution is 5.74. The van der Waals surface area contributed by atoms with Gasteiger partial charge >= 0.3 is 5.69 Å². The van der Waals surface area contributed by atoms with Crippen molar-refractivity contribution < 1.29 is 4.92 Å². The fraction of sp³-hybridized carbons (Fsp3) is 0.136. The SMILES string of the molecule is C=C(NNc1nc2c(c(=O)[nH]c(=O)n2C)n1CCc1ccccc1)c1ccc([N+](=O)[O-])cc1. The largest absolute Gasteiger partial charge is 0.329 e. The van der Waals surface area contributed by atoms with Crippen LogP contribution in [0, 0.1) is 10.1 Å². The van der Waals surface area contributed by atoms with Gasteiger partial charge in [0.2, 0.25) is 5.95 Å². The number of aromatic nitrogens is 4. The minimum absolute atomic E-state index is 0.0256. The highest BCUT2D eigenvalue weighted by Gasteiger charge is 2.17. The summed E-state index contributed by atoms with van der Waals surface area (Å²) < 4.78 is 2.96. The van der Waals surface area contributed by atoms with Gasteiger partial charge in [-0.1, -0.05) is 36.9 Å². The van der Waals surface area contributed by atoms with Crippen LogP contribution in [-0.2, 0) is 20.0 Å². The minimum atomic E-state index is -0.560. The highest BCUT2D eigenvalue weighted by atomic mass is 16.6. The minimum Gasteiger partial charge on any atom is -0.303 e. The smallest absolute Gasteiger partial charge is 0.303 e. The fourth-order valence-corrected chi connectivity index (χ4v) is 3.42. The molecule has 11 heteroatoms. The third-order valence-electron chi connectivity index (χ3n) is 5.23. The summed E-state index contributed by atoms with van der Waals surface area (Å²) in [5.74, 6) is 0.315. The predicted octanol–water partition coefficient (Wildman–Crippen LogP) is 2.16. The lowest BCUT2D eigenvalue weighted by molar-refractivity contribution is -0.384. The molecule has 0 aliphatic heterocycles. The van der Waals surface area contributed by atoms with Gasteiger partial charge < -0.3 is 4.57 Å². The molecule has 2 aromatic heterocycles. The molecule has 0 amide bonds. The van der Waals surface area contributed by atoms with Crippen molar-refractivity contribution >= 4 is 28.5 Å². The Morgan fingerprint density at radius 2 is 1.85 bits per heavy atom. The molecule has 0 saturated carbocycles. The number of fused-ring (bicyclic) bond motifs is 1. The molecular formula is C22H21N7O4. The number of rotatable bonds is 8. The molecule has 0 radical (unpaired) electrons. The lowest BCUT2D eigenvalue weighted by Gasteiger charge is -2.14. The maximum atomic E-state index is 12.6. The Balaban J connectivity index is 1.64. The van der Waals surface area contributed by atoms with Gasteiger partial charge in [-0.05, 0) is 29.7 Å². The fourth-order valence-electron chi connectivity index (χ4n) is 3.42. The summed E-state index contributed by atoms with van der Waals surface area (Å²) in [6.45, 7) is 4.36. The van der Waals surface area contributed by atoms with E-state index in [1.165, 1.54) is 23.7 Å². The number of aromatic amines is 1. The van der Waals surface area contributed by atoms with Crippen molar-refractivity contribution in [1.29, 1.82) is 0 Å². The summed E-state index contributed by atoms with van der Waals surface area (Å²) in [7, 11) is 1.53. The number of nitrogens with one attached hydrogen (secondary N) is 3. The average Bonchev–Trinajstić information content (AvgIpc) is 3.19. The zero-order valence-electron chi connectivity index (χ0n) is 17.7. The van der Waals surface area contributed by atoms with E-state index in [-0.39, 0.29) is 16.9 Å². The summed E-state index contributed by atoms with van der Waals surface area (Å²) in [6.07, 6.45) is 0.632. The van der Waals surface area contributed by atoms with Crippen molar-refractivity contribution in [3.05, 3.63) is 103 Å². The topological polar surface area (TPSA) is 140 Å². The number of aryl methyl sites for hydroxylation is 3. The number of imidazole rings is 1. The summed E-state index contributed by atoms with van der Waals surface area (Å²) in [5.41, 5.74) is 7.40. The van der Waals surface area contributed by atoms with Gasteiger partial charge in [-0.25, -0.2) is 4.79 Å². The maximum Gasteiger partial charge on any atom is 0.329 e. The van der Waals surface area contributed by atoms with Gasteiger partial charge in [0, 0.05) is 25.7 Å². The first-order valence-electron chi connectivity index (χ1n) is 10.0. The number of H-pyrrole nitrogens is 1. The molecule has 0 bridgehead atoms. The van der Waals surface area contributed by atoms with E-state index in [4.69, 9.17) is 0 Å². The normalized spacial score (nSPS) is 10.8. The van der Waals surface area contributed by atoms with E-state index in [1.807, 2.05) is 30.3 Å². The molecule has 0 atom stereocenters. The molecule has 0 aliphatic carbocycles. The van der Waals surface area contributed by atoms with E-state index in [2.05, 4.69) is 27.4 Å². The van der Waals surface area contributed by atoms with Crippen molar-refractivity contribution in [2.45, 2.75) is 13.0 Å². The molecule has 4 rings (SSSR count). The Morgan fingerprint density at radius 1 is 1.15 bits per heavy atom. The van der Waals surface area contributed by atoms with Crippen LogP contribution < -0.4 is 22.1 Å². The molecule has 0 saturated heterocycles. The first kappa shape index (κ1) is 21.6. The Bertz CT molecular complexity index is 1450. The molecule has 168 valence electrons. The molecule has 0 fully saturated rings. The van der Waals surface area contributed by atoms with Crippen LogP contribution in [0.1, 0.15) is 11.1 Å². The first-order chi connectivity index (χ1) is 15.8. The van der Waals surface area contributed by atoms with Gasteiger partial charge in [-0.3, -0.25) is 35.3 Å². The molecule has 0 unspecified atom stereocenters. The van der Waals surface area contributed by atoms with Gasteiger partial charge in [-0.2, -0.15) is 4.98 Å². The number of hydrogen-bond donors (Lipinski definition) is 3. The number of hydrogen-bond acceptors (Lipinski definition) is 7. The number of nitro groups is 1. The van der Waals surface area contributed by atoms with E-state index in [1.54, 1.807) is 16.7 Å². The predicted molar refractivity (Wildman–Crippen MR) is 125 cm³/mol. The standard InChI is InChI=1S/C22H21N7O4/c1-14(16-8-10-17(11-9-16)29(32)33)25-26-21-23-19-18(20(30)24-22(31)27(19)2)28(21)13-12-15-6-4-3-5-7-15/h3-11,25H,1,12-13H2,2H3,(H,23,26)(H,24,30,31). The van der Waals surface area contributed by atoms with E-state index >= 15 is 0 Å². The molecule has 2 aromatic carbocycles. The molecule has 4 aromatic rings. The number of nitrogens with zero attached hydrogens (tertiary/aromatic N) is 4. The zero-order valence-corrected chi connectivity index (χ0v) is 17.7. The van der Waals surface area contributed by atoms with Crippen molar-refractivity contribution in [2.75, 3.05) is 5.43 Å². The van der Waals surface area contributed by atoms with Gasteiger partial charge in [0.1, 0.15) is 0 Å².